The van der Waals surface area contributed by atoms with Crippen LogP contribution in [0.1, 0.15) is 84.1 Å². The minimum atomic E-state index is -4.47. The van der Waals surface area contributed by atoms with Gasteiger partial charge in [-0.1, -0.05) is 56.8 Å². The third kappa shape index (κ3) is 9.04. The molecular weight excluding hydrogens is 623 g/mol. The predicted molar refractivity (Wildman–Crippen MR) is 178 cm³/mol. The maximum atomic E-state index is 13.7. The monoisotopic (exact) mass is 669 g/mol. The highest BCUT2D eigenvalue weighted by molar-refractivity contribution is 5.98. The van der Waals surface area contributed by atoms with Gasteiger partial charge in [0.05, 0.1) is 17.7 Å². The molecule has 0 bridgehead atoms. The standard InChI is InChI=1S/C36H46F3N5O4/c1-5-18-43(19-6-2)34(47)30-23-29(42-44(30)8-4)33(46)41-28(21-25-12-9-10-15-32(25)48-20-7-3)31(45)24-40-35(16-17-35)26-13-11-14-27(22-26)36(37,38)39/h7,9-15,22-23,28,31,40,45H,3,5-6,8,16-21,24H2,1-2,4H3,(H,41,46)/t28-,31+/m0/s1. The highest BCUT2D eigenvalue weighted by atomic mass is 19.4. The molecule has 3 aromatic rings. The normalized spacial score (nSPS) is 15.0. The van der Waals surface area contributed by atoms with Crippen LogP contribution in [0.25, 0.3) is 0 Å². The van der Waals surface area contributed by atoms with Crippen molar-refractivity contribution < 1.29 is 32.6 Å². The Labute approximate surface area is 280 Å². The number of ether oxygens (including phenoxy) is 1. The summed E-state index contributed by atoms with van der Waals surface area (Å²) in [6.07, 6.45) is -1.03. The fourth-order valence-corrected chi connectivity index (χ4v) is 5.81. The van der Waals surface area contributed by atoms with E-state index in [1.54, 1.807) is 23.1 Å². The smallest absolute Gasteiger partial charge is 0.416 e. The van der Waals surface area contributed by atoms with E-state index in [1.807, 2.05) is 39.0 Å². The van der Waals surface area contributed by atoms with E-state index in [0.29, 0.717) is 49.5 Å². The van der Waals surface area contributed by atoms with Crippen molar-refractivity contribution in [3.63, 3.8) is 0 Å². The summed E-state index contributed by atoms with van der Waals surface area (Å²) in [5, 5.41) is 22.2. The molecule has 0 saturated heterocycles. The molecule has 1 fully saturated rings. The summed E-state index contributed by atoms with van der Waals surface area (Å²) in [5.74, 6) is -0.207. The fraction of sp³-hybridized carbons (Fsp3) is 0.472. The van der Waals surface area contributed by atoms with Crippen LogP contribution in [0.3, 0.4) is 0 Å². The van der Waals surface area contributed by atoms with Crippen molar-refractivity contribution in [3.8, 4) is 5.75 Å². The highest BCUT2D eigenvalue weighted by Crippen LogP contribution is 2.46. The predicted octanol–water partition coefficient (Wildman–Crippen LogP) is 5.73. The first-order valence-electron chi connectivity index (χ1n) is 16.6. The maximum Gasteiger partial charge on any atom is 0.416 e. The molecule has 1 heterocycles. The van der Waals surface area contributed by atoms with E-state index in [2.05, 4.69) is 22.3 Å². The zero-order valence-corrected chi connectivity index (χ0v) is 27.9. The number of aromatic nitrogens is 2. The Kier molecular flexibility index (Phi) is 12.4. The lowest BCUT2D eigenvalue weighted by molar-refractivity contribution is -0.137. The molecule has 4 rings (SSSR count). The molecule has 1 aliphatic rings. The zero-order chi connectivity index (χ0) is 34.9. The number of nitrogens with one attached hydrogen (secondary N) is 2. The van der Waals surface area contributed by atoms with Gasteiger partial charge in [-0.15, -0.1) is 0 Å². The minimum absolute atomic E-state index is 0.00694. The third-order valence-electron chi connectivity index (χ3n) is 8.50. The zero-order valence-electron chi connectivity index (χ0n) is 27.9. The molecule has 0 spiro atoms. The van der Waals surface area contributed by atoms with Crippen molar-refractivity contribution in [2.45, 2.75) is 83.3 Å². The molecule has 1 saturated carbocycles. The molecule has 1 aliphatic carbocycles. The number of rotatable bonds is 18. The highest BCUT2D eigenvalue weighted by Gasteiger charge is 2.45. The van der Waals surface area contributed by atoms with Gasteiger partial charge in [-0.05, 0) is 68.4 Å². The second-order valence-electron chi connectivity index (χ2n) is 12.1. The number of nitrogens with zero attached hydrogens (tertiary/aromatic N) is 3. The number of para-hydroxylation sites is 1. The van der Waals surface area contributed by atoms with Crippen LogP contribution in [0.15, 0.2) is 67.3 Å². The van der Waals surface area contributed by atoms with Crippen LogP contribution in [0.2, 0.25) is 0 Å². The van der Waals surface area contributed by atoms with Gasteiger partial charge in [0.25, 0.3) is 11.8 Å². The molecule has 2 aromatic carbocycles. The van der Waals surface area contributed by atoms with E-state index in [-0.39, 0.29) is 31.2 Å². The van der Waals surface area contributed by atoms with E-state index in [4.69, 9.17) is 4.74 Å². The van der Waals surface area contributed by atoms with Crippen molar-refractivity contribution in [1.82, 2.24) is 25.3 Å². The van der Waals surface area contributed by atoms with Crippen molar-refractivity contribution in [1.29, 1.82) is 0 Å². The molecule has 9 nitrogen and oxygen atoms in total. The number of benzene rings is 2. The molecule has 12 heteroatoms. The number of alkyl halides is 3. The lowest BCUT2D eigenvalue weighted by atomic mass is 9.98. The molecule has 0 aliphatic heterocycles. The molecule has 2 amide bonds. The summed E-state index contributed by atoms with van der Waals surface area (Å²) in [6.45, 7) is 11.3. The van der Waals surface area contributed by atoms with Crippen molar-refractivity contribution in [3.05, 3.63) is 95.3 Å². The minimum Gasteiger partial charge on any atom is -0.489 e. The Balaban J connectivity index is 1.58. The number of aliphatic hydroxyl groups excluding tert-OH is 1. The number of amides is 2. The van der Waals surface area contributed by atoms with Gasteiger partial charge in [0, 0.05) is 37.8 Å². The van der Waals surface area contributed by atoms with Crippen LogP contribution in [0.4, 0.5) is 13.2 Å². The average molecular weight is 670 g/mol. The second-order valence-corrected chi connectivity index (χ2v) is 12.1. The van der Waals surface area contributed by atoms with Gasteiger partial charge in [0.15, 0.2) is 5.69 Å². The Morgan fingerprint density at radius 3 is 2.44 bits per heavy atom. The van der Waals surface area contributed by atoms with Crippen LogP contribution in [-0.2, 0) is 24.7 Å². The van der Waals surface area contributed by atoms with E-state index < -0.39 is 35.3 Å². The molecule has 260 valence electrons. The largest absolute Gasteiger partial charge is 0.489 e. The number of hydrogen-bond donors (Lipinski definition) is 3. The van der Waals surface area contributed by atoms with Gasteiger partial charge >= 0.3 is 6.18 Å². The number of hydrogen-bond acceptors (Lipinski definition) is 6. The topological polar surface area (TPSA) is 109 Å². The van der Waals surface area contributed by atoms with Crippen LogP contribution in [0, 0.1) is 0 Å². The van der Waals surface area contributed by atoms with E-state index in [9.17, 15) is 27.9 Å². The van der Waals surface area contributed by atoms with E-state index >= 15 is 0 Å². The van der Waals surface area contributed by atoms with Gasteiger partial charge in [-0.3, -0.25) is 14.3 Å². The van der Waals surface area contributed by atoms with Gasteiger partial charge in [0.1, 0.15) is 18.1 Å². The SMILES string of the molecule is C=CCOc1ccccc1C[C@H](NC(=O)c1cc(C(=O)N(CCC)CCC)n(CC)n1)[C@H](O)CNC1(c2cccc(C(F)(F)F)c2)CC1. The summed E-state index contributed by atoms with van der Waals surface area (Å²) in [5.41, 5.74) is 0.134. The molecule has 0 radical (unpaired) electrons. The van der Waals surface area contributed by atoms with Gasteiger partial charge in [-0.25, -0.2) is 0 Å². The summed E-state index contributed by atoms with van der Waals surface area (Å²) in [6, 6.07) is 13.1. The molecule has 0 unspecified atom stereocenters. The second kappa shape index (κ2) is 16.3. The number of aliphatic hydroxyl groups is 1. The number of aryl methyl sites for hydroxylation is 1. The van der Waals surface area contributed by atoms with Crippen LogP contribution < -0.4 is 15.4 Å². The summed E-state index contributed by atoms with van der Waals surface area (Å²) < 4.78 is 47.6. The summed E-state index contributed by atoms with van der Waals surface area (Å²) >= 11 is 0. The Hall–Kier alpha value is -4.16. The average Bonchev–Trinajstić information content (AvgIpc) is 3.75. The first kappa shape index (κ1) is 36.7. The van der Waals surface area contributed by atoms with Gasteiger partial charge in [-0.2, -0.15) is 18.3 Å². The van der Waals surface area contributed by atoms with Crippen molar-refractivity contribution in [2.24, 2.45) is 0 Å². The lowest BCUT2D eigenvalue weighted by Gasteiger charge is -2.28. The Bertz CT molecular complexity index is 1550. The van der Waals surface area contributed by atoms with E-state index in [1.165, 1.54) is 16.8 Å². The first-order valence-corrected chi connectivity index (χ1v) is 16.6. The molecule has 2 atom stereocenters. The molecular formula is C36H46F3N5O4. The Morgan fingerprint density at radius 2 is 1.81 bits per heavy atom. The van der Waals surface area contributed by atoms with E-state index in [0.717, 1.165) is 30.5 Å². The van der Waals surface area contributed by atoms with Crippen molar-refractivity contribution in [2.75, 3.05) is 26.2 Å². The Morgan fingerprint density at radius 1 is 1.10 bits per heavy atom. The number of halogens is 3. The summed E-state index contributed by atoms with van der Waals surface area (Å²) in [4.78, 5) is 28.9. The first-order chi connectivity index (χ1) is 23.0. The third-order valence-corrected chi connectivity index (χ3v) is 8.50. The van der Waals surface area contributed by atoms with Crippen LogP contribution >= 0.6 is 0 Å². The van der Waals surface area contributed by atoms with Crippen molar-refractivity contribution >= 4 is 11.8 Å². The van der Waals surface area contributed by atoms with Crippen LogP contribution in [0.5, 0.6) is 5.75 Å². The van der Waals surface area contributed by atoms with Crippen LogP contribution in [-0.4, -0.2) is 70.0 Å². The quantitative estimate of drug-likeness (QED) is 0.149. The number of carbonyl (C=O) groups excluding carboxylic acids is 2. The van der Waals surface area contributed by atoms with Gasteiger partial charge in [0.2, 0.25) is 0 Å². The maximum absolute atomic E-state index is 13.7. The molecule has 3 N–H and O–H groups in total. The molecule has 1 aromatic heterocycles. The van der Waals surface area contributed by atoms with Gasteiger partial charge < -0.3 is 25.4 Å². The lowest BCUT2D eigenvalue weighted by Crippen LogP contribution is -2.50. The number of carbonyl (C=O) groups is 2. The molecule has 48 heavy (non-hydrogen) atoms. The summed E-state index contributed by atoms with van der Waals surface area (Å²) in [7, 11) is 0. The fourth-order valence-electron chi connectivity index (χ4n) is 5.81.